The summed E-state index contributed by atoms with van der Waals surface area (Å²) in [5.74, 6) is -1.76. The SMILES string of the molecule is COc1ccc(Cn2nc(C(=O)O)cc2N2CCN(C(=O)c3cc4nc(-c5ccc(Cl)c(F)c5)cc(C(C)(C)C)c4o3)C(C)(C)C2=O)cc1. The highest BCUT2D eigenvalue weighted by Crippen LogP contribution is 2.37. The Morgan fingerprint density at radius 3 is 2.41 bits per heavy atom. The van der Waals surface area contributed by atoms with Crippen LogP contribution in [0, 0.1) is 5.82 Å². The van der Waals surface area contributed by atoms with Crippen LogP contribution < -0.4 is 9.64 Å². The molecule has 2 amide bonds. The van der Waals surface area contributed by atoms with E-state index in [0.29, 0.717) is 33.9 Å². The molecule has 3 aromatic heterocycles. The summed E-state index contributed by atoms with van der Waals surface area (Å²) in [6.07, 6.45) is 0. The van der Waals surface area contributed by atoms with E-state index in [0.717, 1.165) is 11.1 Å². The van der Waals surface area contributed by atoms with Crippen molar-refractivity contribution in [1.29, 1.82) is 0 Å². The molecule has 1 saturated heterocycles. The molecule has 0 unspecified atom stereocenters. The van der Waals surface area contributed by atoms with Gasteiger partial charge in [0.25, 0.3) is 11.8 Å². The first kappa shape index (κ1) is 33.7. The third kappa shape index (κ3) is 6.24. The van der Waals surface area contributed by atoms with E-state index in [2.05, 4.69) is 5.10 Å². The van der Waals surface area contributed by atoms with Crippen LogP contribution in [-0.4, -0.2) is 68.3 Å². The third-order valence-electron chi connectivity index (χ3n) is 8.69. The number of hydrogen-bond acceptors (Lipinski definition) is 7. The summed E-state index contributed by atoms with van der Waals surface area (Å²) in [6, 6.07) is 16.4. The van der Waals surface area contributed by atoms with Gasteiger partial charge >= 0.3 is 5.97 Å². The molecule has 2 aromatic carbocycles. The van der Waals surface area contributed by atoms with E-state index < -0.39 is 34.6 Å². The molecule has 1 N–H and O–H groups in total. The quantitative estimate of drug-likeness (QED) is 0.198. The minimum Gasteiger partial charge on any atom is -0.497 e. The number of aromatic carboxylic acids is 1. The fourth-order valence-corrected chi connectivity index (χ4v) is 6.09. The fraction of sp³-hybridized carbons (Fsp3) is 0.306. The highest BCUT2D eigenvalue weighted by molar-refractivity contribution is 6.30. The number of piperazine rings is 1. The van der Waals surface area contributed by atoms with Crippen LogP contribution in [0.5, 0.6) is 5.75 Å². The van der Waals surface area contributed by atoms with Gasteiger partial charge < -0.3 is 19.2 Å². The minimum absolute atomic E-state index is 0.000488. The number of ether oxygens (including phenoxy) is 1. The molecule has 0 bridgehead atoms. The zero-order chi connectivity index (χ0) is 35.4. The van der Waals surface area contributed by atoms with Gasteiger partial charge in [0.2, 0.25) is 0 Å². The Morgan fingerprint density at radius 1 is 1.06 bits per heavy atom. The molecule has 5 aromatic rings. The standard InChI is InChI=1S/C36H35ClFN5O6/c1-35(2,3)23-16-26(21-9-12-24(37)25(38)15-21)39-27-17-29(49-31(23)27)32(44)42-14-13-41(34(47)36(42,4)5)30-18-28(33(45)46)40-43(30)19-20-7-10-22(48-6)11-8-20/h7-12,15-18H,13-14,19H2,1-6H3,(H,45,46). The van der Waals surface area contributed by atoms with Crippen molar-refractivity contribution in [2.24, 2.45) is 0 Å². The number of fused-ring (bicyclic) bond motifs is 1. The van der Waals surface area contributed by atoms with Gasteiger partial charge in [0.15, 0.2) is 17.0 Å². The number of hydrogen-bond donors (Lipinski definition) is 1. The first-order chi connectivity index (χ1) is 23.1. The number of pyridine rings is 1. The number of carbonyl (C=O) groups is 3. The maximum absolute atomic E-state index is 14.4. The Morgan fingerprint density at radius 2 is 1.78 bits per heavy atom. The lowest BCUT2D eigenvalue weighted by Crippen LogP contribution is -2.65. The average Bonchev–Trinajstić information content (AvgIpc) is 3.67. The summed E-state index contributed by atoms with van der Waals surface area (Å²) in [7, 11) is 1.56. The second-order valence-corrected chi connectivity index (χ2v) is 13.8. The number of furan rings is 1. The van der Waals surface area contributed by atoms with Gasteiger partial charge in [0, 0.05) is 36.3 Å². The summed E-state index contributed by atoms with van der Waals surface area (Å²) < 4.78 is 27.2. The van der Waals surface area contributed by atoms with Crippen LogP contribution in [0.4, 0.5) is 10.2 Å². The molecule has 4 heterocycles. The van der Waals surface area contributed by atoms with E-state index in [9.17, 15) is 23.9 Å². The second-order valence-electron chi connectivity index (χ2n) is 13.4. The molecule has 0 atom stereocenters. The number of carboxylic acids is 1. The van der Waals surface area contributed by atoms with Gasteiger partial charge in [-0.2, -0.15) is 5.10 Å². The van der Waals surface area contributed by atoms with Crippen molar-refractivity contribution in [2.75, 3.05) is 25.1 Å². The van der Waals surface area contributed by atoms with Crippen LogP contribution in [0.25, 0.3) is 22.4 Å². The van der Waals surface area contributed by atoms with Gasteiger partial charge in [-0.05, 0) is 55.2 Å². The predicted octanol–water partition coefficient (Wildman–Crippen LogP) is 6.80. The van der Waals surface area contributed by atoms with Crippen LogP contribution in [0.1, 0.15) is 66.8 Å². The zero-order valence-electron chi connectivity index (χ0n) is 27.9. The number of benzene rings is 2. The fourth-order valence-electron chi connectivity index (χ4n) is 5.97. The number of carbonyl (C=O) groups excluding carboxylic acids is 2. The topological polar surface area (TPSA) is 131 Å². The van der Waals surface area contributed by atoms with E-state index in [-0.39, 0.29) is 36.1 Å². The Labute approximate surface area is 286 Å². The van der Waals surface area contributed by atoms with E-state index in [1.165, 1.54) is 32.7 Å². The highest BCUT2D eigenvalue weighted by Gasteiger charge is 2.46. The van der Waals surface area contributed by atoms with Gasteiger partial charge in [-0.1, -0.05) is 50.6 Å². The van der Waals surface area contributed by atoms with Gasteiger partial charge in [-0.3, -0.25) is 14.5 Å². The summed E-state index contributed by atoms with van der Waals surface area (Å²) in [5.41, 5.74) is 1.43. The second kappa shape index (κ2) is 12.3. The number of amides is 2. The van der Waals surface area contributed by atoms with Gasteiger partial charge in [-0.15, -0.1) is 0 Å². The highest BCUT2D eigenvalue weighted by atomic mass is 35.5. The van der Waals surface area contributed by atoms with E-state index in [1.807, 2.05) is 39.0 Å². The summed E-state index contributed by atoms with van der Waals surface area (Å²) in [6.45, 7) is 9.66. The third-order valence-corrected chi connectivity index (χ3v) is 9.00. The molecular weight excluding hydrogens is 653 g/mol. The molecule has 0 radical (unpaired) electrons. The monoisotopic (exact) mass is 687 g/mol. The summed E-state index contributed by atoms with van der Waals surface area (Å²) >= 11 is 5.91. The molecule has 11 nitrogen and oxygen atoms in total. The number of anilines is 1. The lowest BCUT2D eigenvalue weighted by atomic mass is 9.86. The molecule has 0 aliphatic carbocycles. The number of carboxylic acid groups (broad SMARTS) is 1. The summed E-state index contributed by atoms with van der Waals surface area (Å²) in [4.78, 5) is 47.7. The maximum Gasteiger partial charge on any atom is 0.356 e. The van der Waals surface area contributed by atoms with Crippen molar-refractivity contribution in [1.82, 2.24) is 19.7 Å². The molecule has 49 heavy (non-hydrogen) atoms. The zero-order valence-corrected chi connectivity index (χ0v) is 28.6. The number of aromatic nitrogens is 3. The minimum atomic E-state index is -1.35. The molecule has 13 heteroatoms. The molecular formula is C36H35ClFN5O6. The Bertz CT molecular complexity index is 2110. The first-order valence-corrected chi connectivity index (χ1v) is 15.9. The number of rotatable bonds is 7. The van der Waals surface area contributed by atoms with Crippen LogP contribution >= 0.6 is 11.6 Å². The number of methoxy groups -OCH3 is 1. The number of nitrogens with zero attached hydrogens (tertiary/aromatic N) is 5. The smallest absolute Gasteiger partial charge is 0.356 e. The molecule has 0 spiro atoms. The van der Waals surface area contributed by atoms with Crippen molar-refractivity contribution in [3.05, 3.63) is 94.1 Å². The molecule has 6 rings (SSSR count). The van der Waals surface area contributed by atoms with Crippen molar-refractivity contribution in [2.45, 2.75) is 52.1 Å². The van der Waals surface area contributed by atoms with Gasteiger partial charge in [0.05, 0.1) is 24.4 Å². The Hall–Kier alpha value is -5.23. The van der Waals surface area contributed by atoms with Crippen molar-refractivity contribution >= 4 is 46.3 Å². The predicted molar refractivity (Wildman–Crippen MR) is 182 cm³/mol. The van der Waals surface area contributed by atoms with Gasteiger partial charge in [-0.25, -0.2) is 18.9 Å². The van der Waals surface area contributed by atoms with Crippen molar-refractivity contribution in [3.8, 4) is 17.0 Å². The van der Waals surface area contributed by atoms with E-state index in [4.69, 9.17) is 25.7 Å². The van der Waals surface area contributed by atoms with Crippen LogP contribution in [-0.2, 0) is 16.8 Å². The van der Waals surface area contributed by atoms with E-state index in [1.54, 1.807) is 45.2 Å². The Kier molecular flexibility index (Phi) is 8.48. The molecule has 0 saturated carbocycles. The van der Waals surface area contributed by atoms with Crippen LogP contribution in [0.3, 0.4) is 0 Å². The van der Waals surface area contributed by atoms with Crippen molar-refractivity contribution in [3.63, 3.8) is 0 Å². The lowest BCUT2D eigenvalue weighted by molar-refractivity contribution is -0.130. The van der Waals surface area contributed by atoms with Crippen molar-refractivity contribution < 1.29 is 33.0 Å². The average molecular weight is 688 g/mol. The normalized spacial score (nSPS) is 14.8. The molecule has 1 fully saturated rings. The van der Waals surface area contributed by atoms with Crippen LogP contribution in [0.2, 0.25) is 5.02 Å². The Balaban J connectivity index is 1.32. The maximum atomic E-state index is 14.4. The lowest BCUT2D eigenvalue weighted by Gasteiger charge is -2.45. The van der Waals surface area contributed by atoms with E-state index >= 15 is 0 Å². The van der Waals surface area contributed by atoms with Gasteiger partial charge in [0.1, 0.15) is 28.4 Å². The first-order valence-electron chi connectivity index (χ1n) is 15.6. The summed E-state index contributed by atoms with van der Waals surface area (Å²) in [5, 5.41) is 14.0. The number of halogens is 2. The largest absolute Gasteiger partial charge is 0.497 e. The molecule has 1 aliphatic heterocycles. The molecule has 1 aliphatic rings. The van der Waals surface area contributed by atoms with Crippen LogP contribution in [0.15, 0.2) is 65.1 Å². The molecule has 254 valence electrons.